The molecule has 1 fully saturated rings. The van der Waals surface area contributed by atoms with Gasteiger partial charge in [-0.2, -0.15) is 0 Å². The van der Waals surface area contributed by atoms with Gasteiger partial charge in [-0.1, -0.05) is 0 Å². The highest BCUT2D eigenvalue weighted by molar-refractivity contribution is 7.12. The average Bonchev–Trinajstić information content (AvgIpc) is 3.30. The lowest BCUT2D eigenvalue weighted by atomic mass is 9.87. The lowest BCUT2D eigenvalue weighted by Crippen LogP contribution is -2.44. The van der Waals surface area contributed by atoms with Gasteiger partial charge < -0.3 is 24.6 Å². The van der Waals surface area contributed by atoms with Gasteiger partial charge in [0, 0.05) is 39.9 Å². The third kappa shape index (κ3) is 5.00. The van der Waals surface area contributed by atoms with Gasteiger partial charge in [0.2, 0.25) is 0 Å². The van der Waals surface area contributed by atoms with Gasteiger partial charge in [-0.15, -0.1) is 23.7 Å². The minimum atomic E-state index is -0.629. The number of aliphatic hydroxyl groups excluding tert-OH is 1. The number of Topliss-reactive ketones (excluding diaryl/α,β-unsaturated/α-hetero) is 1. The second kappa shape index (κ2) is 10.2. The molecule has 0 aliphatic heterocycles. The number of ketones is 1. The molecular formula is C23H30ClNO5S. The molecule has 0 amide bonds. The third-order valence-electron chi connectivity index (χ3n) is 6.11. The van der Waals surface area contributed by atoms with Crippen LogP contribution in [0.15, 0.2) is 24.3 Å². The molecule has 0 bridgehead atoms. The highest BCUT2D eigenvalue weighted by Gasteiger charge is 2.37. The Hall–Kier alpha value is -1.80. The first-order valence-corrected chi connectivity index (χ1v) is 11.3. The fourth-order valence-corrected chi connectivity index (χ4v) is 5.52. The number of hydrogen-bond acceptors (Lipinski definition) is 7. The summed E-state index contributed by atoms with van der Waals surface area (Å²) in [5.41, 5.74) is 0.900. The fraction of sp³-hybridized carbons (Fsp3) is 0.522. The SMILES string of the molecule is COc1ccc(OC2CCC(NCC3CCc4sc(C)cc4C3=O)C2O)cc1OC.Cl. The van der Waals surface area contributed by atoms with Gasteiger partial charge in [0.05, 0.1) is 14.2 Å². The van der Waals surface area contributed by atoms with Gasteiger partial charge in [0.15, 0.2) is 17.3 Å². The molecule has 8 heteroatoms. The molecule has 1 saturated carbocycles. The van der Waals surface area contributed by atoms with Crippen molar-refractivity contribution in [2.75, 3.05) is 20.8 Å². The summed E-state index contributed by atoms with van der Waals surface area (Å²) < 4.78 is 16.6. The zero-order valence-electron chi connectivity index (χ0n) is 18.1. The number of aliphatic hydroxyl groups is 1. The first-order chi connectivity index (χ1) is 14.5. The number of benzene rings is 1. The van der Waals surface area contributed by atoms with Crippen molar-refractivity contribution in [2.45, 2.75) is 50.9 Å². The van der Waals surface area contributed by atoms with Gasteiger partial charge in [0.25, 0.3) is 0 Å². The van der Waals surface area contributed by atoms with Crippen molar-refractivity contribution in [1.82, 2.24) is 5.32 Å². The number of methoxy groups -OCH3 is 2. The number of carbonyl (C=O) groups excluding carboxylic acids is 1. The first-order valence-electron chi connectivity index (χ1n) is 10.4. The number of ether oxygens (including phenoxy) is 3. The molecule has 2 N–H and O–H groups in total. The summed E-state index contributed by atoms with van der Waals surface area (Å²) in [5, 5.41) is 14.2. The van der Waals surface area contributed by atoms with Crippen LogP contribution in [-0.2, 0) is 6.42 Å². The van der Waals surface area contributed by atoms with E-state index in [-0.39, 0.29) is 36.3 Å². The molecule has 4 rings (SSSR count). The predicted octanol–water partition coefficient (Wildman–Crippen LogP) is 3.80. The summed E-state index contributed by atoms with van der Waals surface area (Å²) in [4.78, 5) is 15.2. The second-order valence-corrected chi connectivity index (χ2v) is 9.39. The minimum absolute atomic E-state index is 0. The Morgan fingerprint density at radius 3 is 2.65 bits per heavy atom. The Bertz CT molecular complexity index is 917. The highest BCUT2D eigenvalue weighted by atomic mass is 35.5. The Labute approximate surface area is 193 Å². The van der Waals surface area contributed by atoms with Crippen LogP contribution in [0.25, 0.3) is 0 Å². The van der Waals surface area contributed by atoms with Crippen molar-refractivity contribution in [1.29, 1.82) is 0 Å². The maximum Gasteiger partial charge on any atom is 0.168 e. The second-order valence-electron chi connectivity index (χ2n) is 8.05. The molecule has 1 heterocycles. The molecule has 2 aliphatic carbocycles. The monoisotopic (exact) mass is 467 g/mol. The summed E-state index contributed by atoms with van der Waals surface area (Å²) >= 11 is 1.73. The summed E-state index contributed by atoms with van der Waals surface area (Å²) in [6, 6.07) is 7.32. The van der Waals surface area contributed by atoms with Gasteiger partial charge in [-0.25, -0.2) is 0 Å². The van der Waals surface area contributed by atoms with Crippen LogP contribution in [0.5, 0.6) is 17.2 Å². The summed E-state index contributed by atoms with van der Waals surface area (Å²) in [6.07, 6.45) is 2.46. The molecule has 1 aromatic heterocycles. The summed E-state index contributed by atoms with van der Waals surface area (Å²) in [5.74, 6) is 2.08. The molecule has 31 heavy (non-hydrogen) atoms. The third-order valence-corrected chi connectivity index (χ3v) is 7.22. The van der Waals surface area contributed by atoms with E-state index in [2.05, 4.69) is 12.2 Å². The predicted molar refractivity (Wildman–Crippen MR) is 123 cm³/mol. The number of carbonyl (C=O) groups is 1. The number of hydrogen-bond donors (Lipinski definition) is 2. The largest absolute Gasteiger partial charge is 0.493 e. The van der Waals surface area contributed by atoms with E-state index in [1.165, 1.54) is 9.75 Å². The Morgan fingerprint density at radius 2 is 1.90 bits per heavy atom. The van der Waals surface area contributed by atoms with Crippen molar-refractivity contribution < 1.29 is 24.1 Å². The van der Waals surface area contributed by atoms with E-state index in [1.54, 1.807) is 37.7 Å². The molecule has 1 aromatic carbocycles. The smallest absolute Gasteiger partial charge is 0.168 e. The maximum absolute atomic E-state index is 12.8. The van der Waals surface area contributed by atoms with Crippen LogP contribution >= 0.6 is 23.7 Å². The van der Waals surface area contributed by atoms with Crippen molar-refractivity contribution in [3.05, 3.63) is 39.6 Å². The molecule has 2 aromatic rings. The van der Waals surface area contributed by atoms with Gasteiger partial charge >= 0.3 is 0 Å². The molecule has 4 unspecified atom stereocenters. The van der Waals surface area contributed by atoms with Crippen molar-refractivity contribution in [2.24, 2.45) is 5.92 Å². The number of nitrogens with one attached hydrogen (secondary N) is 1. The quantitative estimate of drug-likeness (QED) is 0.645. The van der Waals surface area contributed by atoms with Gasteiger partial charge in [0.1, 0.15) is 18.0 Å². The number of rotatable bonds is 7. The summed E-state index contributed by atoms with van der Waals surface area (Å²) in [7, 11) is 3.17. The van der Waals surface area contributed by atoms with Gasteiger partial charge in [-0.3, -0.25) is 4.79 Å². The lowest BCUT2D eigenvalue weighted by molar-refractivity contribution is 0.0440. The van der Waals surface area contributed by atoms with Crippen molar-refractivity contribution >= 4 is 29.5 Å². The molecule has 0 saturated heterocycles. The molecule has 2 aliphatic rings. The number of halogens is 1. The van der Waals surface area contributed by atoms with Gasteiger partial charge in [-0.05, 0) is 50.8 Å². The van der Waals surface area contributed by atoms with E-state index in [4.69, 9.17) is 14.2 Å². The number of aryl methyl sites for hydroxylation is 2. The number of thiophene rings is 1. The van der Waals surface area contributed by atoms with Crippen molar-refractivity contribution in [3.8, 4) is 17.2 Å². The zero-order chi connectivity index (χ0) is 21.3. The Balaban J connectivity index is 0.00000272. The van der Waals surface area contributed by atoms with Crippen LogP contribution in [0.2, 0.25) is 0 Å². The first kappa shape index (κ1) is 23.9. The van der Waals surface area contributed by atoms with Crippen molar-refractivity contribution in [3.63, 3.8) is 0 Å². The van der Waals surface area contributed by atoms with Crippen LogP contribution in [0, 0.1) is 12.8 Å². The van der Waals surface area contributed by atoms with E-state index in [0.717, 1.165) is 31.2 Å². The Morgan fingerprint density at radius 1 is 1.13 bits per heavy atom. The molecular weight excluding hydrogens is 438 g/mol. The van der Waals surface area contributed by atoms with Crippen LogP contribution in [0.1, 0.15) is 39.4 Å². The fourth-order valence-electron chi connectivity index (χ4n) is 4.46. The molecule has 0 spiro atoms. The molecule has 170 valence electrons. The normalized spacial score (nSPS) is 25.0. The summed E-state index contributed by atoms with van der Waals surface area (Å²) in [6.45, 7) is 2.65. The van der Waals surface area contributed by atoms with E-state index in [1.807, 2.05) is 12.1 Å². The molecule has 0 radical (unpaired) electrons. The van der Waals surface area contributed by atoms with E-state index < -0.39 is 6.10 Å². The van der Waals surface area contributed by atoms with Crippen LogP contribution in [0.4, 0.5) is 0 Å². The van der Waals surface area contributed by atoms with Crippen LogP contribution in [-0.4, -0.2) is 49.9 Å². The lowest BCUT2D eigenvalue weighted by Gasteiger charge is -2.25. The highest BCUT2D eigenvalue weighted by Crippen LogP contribution is 2.34. The van der Waals surface area contributed by atoms with E-state index >= 15 is 0 Å². The average molecular weight is 468 g/mol. The topological polar surface area (TPSA) is 77.0 Å². The maximum atomic E-state index is 12.8. The Kier molecular flexibility index (Phi) is 7.86. The molecule has 4 atom stereocenters. The van der Waals surface area contributed by atoms with Crippen LogP contribution < -0.4 is 19.5 Å². The molecule has 6 nitrogen and oxygen atoms in total. The van der Waals surface area contributed by atoms with E-state index in [0.29, 0.717) is 23.8 Å². The van der Waals surface area contributed by atoms with E-state index in [9.17, 15) is 9.90 Å². The minimum Gasteiger partial charge on any atom is -0.493 e. The standard InChI is InChI=1S/C23H29NO5S.ClH/c1-13-10-16-21(30-13)9-4-14(22(16)25)12-24-17-6-8-19(23(17)26)29-15-5-7-18(27-2)20(11-15)28-3;/h5,7,10-11,14,17,19,23-24,26H,4,6,8-9,12H2,1-3H3;1H. The zero-order valence-corrected chi connectivity index (χ0v) is 19.7. The van der Waals surface area contributed by atoms with Crippen LogP contribution in [0.3, 0.4) is 0 Å². The number of fused-ring (bicyclic) bond motifs is 1.